The molecule has 0 bridgehead atoms. The lowest BCUT2D eigenvalue weighted by Crippen LogP contribution is -2.51. The summed E-state index contributed by atoms with van der Waals surface area (Å²) < 4.78 is 19.3. The number of ether oxygens (including phenoxy) is 1. The van der Waals surface area contributed by atoms with E-state index in [0.717, 1.165) is 5.56 Å². The average molecular weight is 417 g/mol. The van der Waals surface area contributed by atoms with Crippen LogP contribution in [-0.4, -0.2) is 58.6 Å². The maximum Gasteiger partial charge on any atom is 0.410 e. The molecule has 0 saturated carbocycles. The minimum Gasteiger partial charge on any atom is -0.444 e. The molecule has 7 nitrogen and oxygen atoms in total. The first-order chi connectivity index (χ1) is 14.0. The maximum atomic E-state index is 14.0. The lowest BCUT2D eigenvalue weighted by atomic mass is 10.0. The number of H-pyrrole nitrogens is 1. The molecule has 1 aliphatic rings. The van der Waals surface area contributed by atoms with Gasteiger partial charge in [-0.05, 0) is 57.2 Å². The number of benzene rings is 1. The van der Waals surface area contributed by atoms with Crippen molar-refractivity contribution in [3.8, 4) is 0 Å². The van der Waals surface area contributed by atoms with Crippen LogP contribution in [0.25, 0.3) is 10.8 Å². The van der Waals surface area contributed by atoms with E-state index in [2.05, 4.69) is 4.98 Å². The number of piperazine rings is 1. The van der Waals surface area contributed by atoms with Gasteiger partial charge in [-0.2, -0.15) is 0 Å². The zero-order valence-corrected chi connectivity index (χ0v) is 17.9. The van der Waals surface area contributed by atoms with Crippen molar-refractivity contribution in [3.63, 3.8) is 0 Å². The largest absolute Gasteiger partial charge is 0.444 e. The van der Waals surface area contributed by atoms with Crippen molar-refractivity contribution in [2.24, 2.45) is 0 Å². The number of nitrogens with one attached hydrogen (secondary N) is 1. The second-order valence-electron chi connectivity index (χ2n) is 8.62. The number of rotatable bonds is 3. The van der Waals surface area contributed by atoms with Crippen LogP contribution in [0.4, 0.5) is 9.18 Å². The van der Waals surface area contributed by atoms with E-state index in [1.54, 1.807) is 21.9 Å². The number of fused-ring (bicyclic) bond motifs is 1. The van der Waals surface area contributed by atoms with E-state index in [4.69, 9.17) is 4.74 Å². The predicted molar refractivity (Wildman–Crippen MR) is 112 cm³/mol. The van der Waals surface area contributed by atoms with E-state index >= 15 is 0 Å². The normalized spacial score (nSPS) is 14.8. The highest BCUT2D eigenvalue weighted by Gasteiger charge is 2.27. The summed E-state index contributed by atoms with van der Waals surface area (Å²) in [5.74, 6) is -0.599. The number of hydrogen-bond donors (Lipinski definition) is 1. The van der Waals surface area contributed by atoms with Gasteiger partial charge in [0.15, 0.2) is 0 Å². The van der Waals surface area contributed by atoms with Gasteiger partial charge in [-0.1, -0.05) is 6.07 Å². The average Bonchev–Trinajstić information content (AvgIpc) is 2.67. The third-order valence-electron chi connectivity index (χ3n) is 5.12. The fourth-order valence-corrected chi connectivity index (χ4v) is 3.53. The molecule has 1 aromatic carbocycles. The van der Waals surface area contributed by atoms with E-state index in [9.17, 15) is 18.8 Å². The molecule has 1 saturated heterocycles. The van der Waals surface area contributed by atoms with Gasteiger partial charge in [0.1, 0.15) is 11.4 Å². The summed E-state index contributed by atoms with van der Waals surface area (Å²) in [5.41, 5.74) is 0.370. The third kappa shape index (κ3) is 4.98. The Morgan fingerprint density at radius 3 is 2.40 bits per heavy atom. The molecule has 0 unspecified atom stereocenters. The van der Waals surface area contributed by atoms with Crippen LogP contribution < -0.4 is 5.56 Å². The topological polar surface area (TPSA) is 82.7 Å². The fraction of sp³-hybridized carbons (Fsp3) is 0.500. The van der Waals surface area contributed by atoms with Crippen LogP contribution in [0.1, 0.15) is 38.4 Å². The number of carbonyl (C=O) groups excluding carboxylic acids is 2. The van der Waals surface area contributed by atoms with Crippen LogP contribution in [0.5, 0.6) is 0 Å². The Hall–Kier alpha value is -2.90. The molecule has 0 aliphatic carbocycles. The molecule has 2 amide bonds. The number of aryl methyl sites for hydroxylation is 2. The summed E-state index contributed by atoms with van der Waals surface area (Å²) in [7, 11) is 0. The van der Waals surface area contributed by atoms with Gasteiger partial charge in [0.05, 0.1) is 5.39 Å². The molecule has 30 heavy (non-hydrogen) atoms. The van der Waals surface area contributed by atoms with E-state index in [1.165, 1.54) is 6.07 Å². The molecule has 8 heteroatoms. The minimum atomic E-state index is -0.553. The third-order valence-corrected chi connectivity index (χ3v) is 5.12. The number of aromatic amines is 1. The van der Waals surface area contributed by atoms with Crippen molar-refractivity contribution in [2.75, 3.05) is 26.2 Å². The van der Waals surface area contributed by atoms with Crippen LogP contribution in [0.2, 0.25) is 0 Å². The fourth-order valence-electron chi connectivity index (χ4n) is 3.53. The Morgan fingerprint density at radius 2 is 1.77 bits per heavy atom. The van der Waals surface area contributed by atoms with E-state index < -0.39 is 17.0 Å². The van der Waals surface area contributed by atoms with Crippen molar-refractivity contribution in [1.82, 2.24) is 14.8 Å². The SMILES string of the molecule is Cc1ccc(F)c2c(=O)[nH]c(CCC(=O)N3CCN(C(=O)OC(C)(C)C)CC3)cc12. The maximum absolute atomic E-state index is 14.0. The minimum absolute atomic E-state index is 0.0448. The molecule has 1 N–H and O–H groups in total. The van der Waals surface area contributed by atoms with Gasteiger partial charge in [-0.25, -0.2) is 9.18 Å². The number of hydrogen-bond acceptors (Lipinski definition) is 4. The van der Waals surface area contributed by atoms with Crippen molar-refractivity contribution < 1.29 is 18.7 Å². The van der Waals surface area contributed by atoms with Gasteiger partial charge in [-0.3, -0.25) is 9.59 Å². The first-order valence-corrected chi connectivity index (χ1v) is 10.1. The van der Waals surface area contributed by atoms with Crippen molar-refractivity contribution in [2.45, 2.75) is 46.1 Å². The Kier molecular flexibility index (Phi) is 6.14. The number of pyridine rings is 1. The second-order valence-corrected chi connectivity index (χ2v) is 8.62. The molecular formula is C22H28FN3O4. The number of nitrogens with zero attached hydrogens (tertiary/aromatic N) is 2. The van der Waals surface area contributed by atoms with Gasteiger partial charge in [0.2, 0.25) is 5.91 Å². The van der Waals surface area contributed by atoms with Crippen LogP contribution >= 0.6 is 0 Å². The number of amides is 2. The number of carbonyl (C=O) groups is 2. The molecule has 0 spiro atoms. The summed E-state index contributed by atoms with van der Waals surface area (Å²) in [6.45, 7) is 9.00. The van der Waals surface area contributed by atoms with Gasteiger partial charge in [0, 0.05) is 38.3 Å². The number of halogens is 1. The zero-order valence-electron chi connectivity index (χ0n) is 17.9. The highest BCUT2D eigenvalue weighted by atomic mass is 19.1. The second kappa shape index (κ2) is 8.45. The first-order valence-electron chi connectivity index (χ1n) is 10.1. The summed E-state index contributed by atoms with van der Waals surface area (Å²) in [6, 6.07) is 4.66. The molecule has 0 radical (unpaired) electrons. The molecule has 1 aliphatic heterocycles. The van der Waals surface area contributed by atoms with Crippen molar-refractivity contribution in [3.05, 3.63) is 45.6 Å². The van der Waals surface area contributed by atoms with Crippen LogP contribution in [0.15, 0.2) is 23.0 Å². The molecule has 1 aromatic heterocycles. The van der Waals surface area contributed by atoms with Gasteiger partial charge in [0.25, 0.3) is 5.56 Å². The lowest BCUT2D eigenvalue weighted by Gasteiger charge is -2.35. The standard InChI is InChI=1S/C22H28FN3O4/c1-14-5-7-17(23)19-16(14)13-15(24-20(19)28)6-8-18(27)25-9-11-26(12-10-25)21(29)30-22(2,3)4/h5,7,13H,6,8-12H2,1-4H3,(H,24,28). The Labute approximate surface area is 174 Å². The number of aromatic nitrogens is 1. The van der Waals surface area contributed by atoms with E-state index in [-0.39, 0.29) is 23.8 Å². The highest BCUT2D eigenvalue weighted by molar-refractivity contribution is 5.85. The zero-order chi connectivity index (χ0) is 22.1. The van der Waals surface area contributed by atoms with Gasteiger partial charge < -0.3 is 19.5 Å². The summed E-state index contributed by atoms with van der Waals surface area (Å²) in [4.78, 5) is 43.0. The van der Waals surface area contributed by atoms with Gasteiger partial charge in [-0.15, -0.1) is 0 Å². The van der Waals surface area contributed by atoms with Crippen LogP contribution in [0.3, 0.4) is 0 Å². The molecule has 0 atom stereocenters. The Balaban J connectivity index is 1.59. The summed E-state index contributed by atoms with van der Waals surface area (Å²) >= 11 is 0. The smallest absolute Gasteiger partial charge is 0.410 e. The monoisotopic (exact) mass is 417 g/mol. The molecule has 2 heterocycles. The quantitative estimate of drug-likeness (QED) is 0.832. The summed E-state index contributed by atoms with van der Waals surface area (Å²) in [6.07, 6.45) is 0.208. The van der Waals surface area contributed by atoms with Crippen LogP contribution in [-0.2, 0) is 16.0 Å². The highest BCUT2D eigenvalue weighted by Crippen LogP contribution is 2.19. The molecule has 3 rings (SSSR count). The molecule has 162 valence electrons. The van der Waals surface area contributed by atoms with Crippen molar-refractivity contribution >= 4 is 22.8 Å². The predicted octanol–water partition coefficient (Wildman–Crippen LogP) is 2.99. The van der Waals surface area contributed by atoms with Crippen molar-refractivity contribution in [1.29, 1.82) is 0 Å². The van der Waals surface area contributed by atoms with E-state index in [0.29, 0.717) is 43.7 Å². The Morgan fingerprint density at radius 1 is 1.13 bits per heavy atom. The first kappa shape index (κ1) is 21.8. The van der Waals surface area contributed by atoms with Crippen LogP contribution in [0, 0.1) is 12.7 Å². The molecular weight excluding hydrogens is 389 g/mol. The van der Waals surface area contributed by atoms with E-state index in [1.807, 2.05) is 27.7 Å². The summed E-state index contributed by atoms with van der Waals surface area (Å²) in [5, 5.41) is 0.607. The Bertz CT molecular complexity index is 1020. The van der Waals surface area contributed by atoms with Gasteiger partial charge >= 0.3 is 6.09 Å². The molecule has 1 fully saturated rings. The lowest BCUT2D eigenvalue weighted by molar-refractivity contribution is -0.132. The molecule has 2 aromatic rings.